The number of aryl methyl sites for hydroxylation is 1. The van der Waals surface area contributed by atoms with Crippen molar-refractivity contribution in [2.24, 2.45) is 5.41 Å². The molecule has 2 aromatic carbocycles. The molecule has 0 saturated carbocycles. The molecule has 1 atom stereocenters. The van der Waals surface area contributed by atoms with Gasteiger partial charge in [0.15, 0.2) is 0 Å². The largest absolute Gasteiger partial charge is 0.353 e. The number of amides is 1. The van der Waals surface area contributed by atoms with Gasteiger partial charge in [-0.2, -0.15) is 0 Å². The Hall–Kier alpha value is -2.13. The molecule has 0 aromatic heterocycles. The van der Waals surface area contributed by atoms with Crippen molar-refractivity contribution >= 4 is 5.91 Å². The number of hydrogen-bond acceptors (Lipinski definition) is 2. The number of hydrogen-bond donors (Lipinski definition) is 2. The Labute approximate surface area is 150 Å². The maximum absolute atomic E-state index is 12.8. The van der Waals surface area contributed by atoms with Crippen LogP contribution in [0.3, 0.4) is 0 Å². The van der Waals surface area contributed by atoms with Gasteiger partial charge in [0.25, 0.3) is 0 Å². The maximum atomic E-state index is 12.8. The summed E-state index contributed by atoms with van der Waals surface area (Å²) in [5, 5.41) is 6.50. The number of nitrogens with one attached hydrogen (secondary N) is 2. The average molecular weight is 336 g/mol. The highest BCUT2D eigenvalue weighted by molar-refractivity contribution is 5.84. The van der Waals surface area contributed by atoms with Gasteiger partial charge in [-0.1, -0.05) is 54.1 Å². The zero-order chi connectivity index (χ0) is 17.9. The van der Waals surface area contributed by atoms with Crippen molar-refractivity contribution in [2.75, 3.05) is 13.1 Å². The van der Waals surface area contributed by atoms with Crippen molar-refractivity contribution in [3.8, 4) is 11.1 Å². The molecule has 0 spiro atoms. The Morgan fingerprint density at radius 1 is 1.16 bits per heavy atom. The summed E-state index contributed by atoms with van der Waals surface area (Å²) in [6, 6.07) is 17.4. The van der Waals surface area contributed by atoms with Gasteiger partial charge in [0.2, 0.25) is 5.91 Å². The third-order valence-corrected chi connectivity index (χ3v) is 5.00. The molecule has 25 heavy (non-hydrogen) atoms. The third-order valence-electron chi connectivity index (χ3n) is 5.00. The Balaban J connectivity index is 1.84. The van der Waals surface area contributed by atoms with Crippen LogP contribution in [0.1, 0.15) is 31.4 Å². The van der Waals surface area contributed by atoms with Crippen LogP contribution in [0.5, 0.6) is 0 Å². The van der Waals surface area contributed by atoms with Gasteiger partial charge >= 0.3 is 0 Å². The maximum Gasteiger partial charge on any atom is 0.228 e. The lowest BCUT2D eigenvalue weighted by Crippen LogP contribution is -2.46. The normalized spacial score (nSPS) is 20.0. The van der Waals surface area contributed by atoms with E-state index in [9.17, 15) is 4.79 Å². The van der Waals surface area contributed by atoms with E-state index in [0.29, 0.717) is 0 Å². The average Bonchev–Trinajstić information content (AvgIpc) is 3.05. The second-order valence-electron chi connectivity index (χ2n) is 7.58. The second-order valence-corrected chi connectivity index (χ2v) is 7.58. The molecule has 1 amide bonds. The Bertz CT molecular complexity index is 728. The fourth-order valence-electron chi connectivity index (χ4n) is 3.58. The van der Waals surface area contributed by atoms with E-state index in [1.54, 1.807) is 0 Å². The fourth-order valence-corrected chi connectivity index (χ4v) is 3.58. The highest BCUT2D eigenvalue weighted by Gasteiger charge is 2.41. The van der Waals surface area contributed by atoms with Crippen molar-refractivity contribution in [3.63, 3.8) is 0 Å². The number of carbonyl (C=O) groups excluding carboxylic acids is 1. The standard InChI is InChI=1S/C22H28N2O/c1-16(2)24-21(25)22(11-12-23-15-22)14-18-5-4-6-20(13-18)19-9-7-17(3)8-10-19/h4-10,13,16,23H,11-12,14-15H2,1-3H3,(H,24,25)/t22-/m0/s1. The summed E-state index contributed by atoms with van der Waals surface area (Å²) in [6.07, 6.45) is 1.67. The first-order chi connectivity index (χ1) is 12.0. The van der Waals surface area contributed by atoms with E-state index in [0.717, 1.165) is 25.9 Å². The Morgan fingerprint density at radius 2 is 1.92 bits per heavy atom. The third kappa shape index (κ3) is 4.10. The predicted molar refractivity (Wildman–Crippen MR) is 104 cm³/mol. The van der Waals surface area contributed by atoms with Gasteiger partial charge in [0, 0.05) is 12.6 Å². The quantitative estimate of drug-likeness (QED) is 0.874. The minimum absolute atomic E-state index is 0.170. The summed E-state index contributed by atoms with van der Waals surface area (Å²) in [4.78, 5) is 12.8. The van der Waals surface area contributed by atoms with Gasteiger partial charge in [-0.05, 0) is 56.8 Å². The monoisotopic (exact) mass is 336 g/mol. The van der Waals surface area contributed by atoms with Gasteiger partial charge < -0.3 is 10.6 Å². The van der Waals surface area contributed by atoms with E-state index in [2.05, 4.69) is 66.1 Å². The molecule has 0 bridgehead atoms. The van der Waals surface area contributed by atoms with Gasteiger partial charge in [-0.15, -0.1) is 0 Å². The lowest BCUT2D eigenvalue weighted by atomic mass is 9.79. The first-order valence-corrected chi connectivity index (χ1v) is 9.16. The topological polar surface area (TPSA) is 41.1 Å². The summed E-state index contributed by atoms with van der Waals surface area (Å²) >= 11 is 0. The molecule has 132 valence electrons. The lowest BCUT2D eigenvalue weighted by Gasteiger charge is -2.28. The molecule has 0 radical (unpaired) electrons. The van der Waals surface area contributed by atoms with E-state index >= 15 is 0 Å². The van der Waals surface area contributed by atoms with E-state index in [-0.39, 0.29) is 17.4 Å². The Kier molecular flexibility index (Phi) is 5.24. The smallest absolute Gasteiger partial charge is 0.228 e. The molecule has 0 unspecified atom stereocenters. The van der Waals surface area contributed by atoms with Crippen molar-refractivity contribution in [1.29, 1.82) is 0 Å². The number of rotatable bonds is 5. The molecular formula is C22H28N2O. The molecule has 1 aliphatic heterocycles. The number of benzene rings is 2. The molecule has 3 heteroatoms. The molecule has 0 aliphatic carbocycles. The summed E-state index contributed by atoms with van der Waals surface area (Å²) in [5.74, 6) is 0.174. The van der Waals surface area contributed by atoms with Gasteiger partial charge in [0.1, 0.15) is 0 Å². The molecule has 1 saturated heterocycles. The van der Waals surface area contributed by atoms with Crippen molar-refractivity contribution in [1.82, 2.24) is 10.6 Å². The summed E-state index contributed by atoms with van der Waals surface area (Å²) in [7, 11) is 0. The summed E-state index contributed by atoms with van der Waals surface area (Å²) in [6.45, 7) is 7.80. The highest BCUT2D eigenvalue weighted by Crippen LogP contribution is 2.32. The van der Waals surface area contributed by atoms with Crippen molar-refractivity contribution in [2.45, 2.75) is 39.7 Å². The summed E-state index contributed by atoms with van der Waals surface area (Å²) in [5.41, 5.74) is 4.58. The van der Waals surface area contributed by atoms with Crippen LogP contribution in [-0.4, -0.2) is 25.0 Å². The lowest BCUT2D eigenvalue weighted by molar-refractivity contribution is -0.130. The SMILES string of the molecule is Cc1ccc(-c2cccc(C[C@@]3(C(=O)NC(C)C)CCNC3)c2)cc1. The van der Waals surface area contributed by atoms with Crippen LogP contribution in [0.15, 0.2) is 48.5 Å². The molecule has 2 N–H and O–H groups in total. The molecule has 1 fully saturated rings. The van der Waals surface area contributed by atoms with E-state index in [1.165, 1.54) is 22.3 Å². The first-order valence-electron chi connectivity index (χ1n) is 9.16. The fraction of sp³-hybridized carbons (Fsp3) is 0.409. The minimum atomic E-state index is -0.337. The van der Waals surface area contributed by atoms with E-state index in [4.69, 9.17) is 0 Å². The molecule has 1 aliphatic rings. The molecule has 3 rings (SSSR count). The molecule has 2 aromatic rings. The summed E-state index contributed by atoms with van der Waals surface area (Å²) < 4.78 is 0. The van der Waals surface area contributed by atoms with Gasteiger partial charge in [-0.3, -0.25) is 4.79 Å². The van der Waals surface area contributed by atoms with Crippen LogP contribution >= 0.6 is 0 Å². The van der Waals surface area contributed by atoms with Crippen LogP contribution in [0.2, 0.25) is 0 Å². The number of carbonyl (C=O) groups is 1. The van der Waals surface area contributed by atoms with Gasteiger partial charge in [-0.25, -0.2) is 0 Å². The zero-order valence-corrected chi connectivity index (χ0v) is 15.4. The van der Waals surface area contributed by atoms with Crippen LogP contribution in [0.4, 0.5) is 0 Å². The van der Waals surface area contributed by atoms with Crippen LogP contribution in [0, 0.1) is 12.3 Å². The van der Waals surface area contributed by atoms with Crippen LogP contribution in [0.25, 0.3) is 11.1 Å². The van der Waals surface area contributed by atoms with Crippen molar-refractivity contribution in [3.05, 3.63) is 59.7 Å². The molecular weight excluding hydrogens is 308 g/mol. The Morgan fingerprint density at radius 3 is 2.56 bits per heavy atom. The minimum Gasteiger partial charge on any atom is -0.353 e. The highest BCUT2D eigenvalue weighted by atomic mass is 16.2. The van der Waals surface area contributed by atoms with Gasteiger partial charge in [0.05, 0.1) is 5.41 Å². The van der Waals surface area contributed by atoms with E-state index in [1.807, 2.05) is 13.8 Å². The van der Waals surface area contributed by atoms with E-state index < -0.39 is 0 Å². The molecule has 1 heterocycles. The predicted octanol–water partition coefficient (Wildman–Crippen LogP) is 3.71. The zero-order valence-electron chi connectivity index (χ0n) is 15.4. The van der Waals surface area contributed by atoms with Crippen LogP contribution in [-0.2, 0) is 11.2 Å². The first kappa shape index (κ1) is 17.7. The van der Waals surface area contributed by atoms with Crippen molar-refractivity contribution < 1.29 is 4.79 Å². The van der Waals surface area contributed by atoms with Crippen LogP contribution < -0.4 is 10.6 Å². The second kappa shape index (κ2) is 7.40. The molecule has 3 nitrogen and oxygen atoms in total.